The fourth-order valence-electron chi connectivity index (χ4n) is 3.24. The highest BCUT2D eigenvalue weighted by Gasteiger charge is 2.42. The second-order valence-electron chi connectivity index (χ2n) is 5.91. The topological polar surface area (TPSA) is 17.1 Å². The Kier molecular flexibility index (Phi) is 2.65. The minimum Gasteiger partial charge on any atom is -0.294 e. The van der Waals surface area contributed by atoms with Crippen LogP contribution in [0.3, 0.4) is 0 Å². The minimum absolute atomic E-state index is 0.0829. The molecule has 1 atom stereocenters. The molecule has 0 aromatic heterocycles. The molecule has 0 saturated heterocycles. The normalized spacial score (nSPS) is 23.3. The van der Waals surface area contributed by atoms with E-state index < -0.39 is 0 Å². The fraction of sp³-hybridized carbons (Fsp3) is 0.533. The Balaban J connectivity index is 2.51. The minimum atomic E-state index is 0.0829. The number of carbonyl (C=O) groups is 1. The van der Waals surface area contributed by atoms with Crippen molar-refractivity contribution in [1.82, 2.24) is 0 Å². The molecule has 0 amide bonds. The first kappa shape index (κ1) is 11.4. The highest BCUT2D eigenvalue weighted by Crippen LogP contribution is 2.42. The average molecular weight is 216 g/mol. The van der Waals surface area contributed by atoms with E-state index in [1.165, 1.54) is 5.56 Å². The van der Waals surface area contributed by atoms with Gasteiger partial charge in [-0.05, 0) is 23.3 Å². The van der Waals surface area contributed by atoms with Crippen LogP contribution in [0.5, 0.6) is 0 Å². The number of fused-ring (bicyclic) bond motifs is 1. The summed E-state index contributed by atoms with van der Waals surface area (Å²) in [4.78, 5) is 12.5. The van der Waals surface area contributed by atoms with Crippen LogP contribution in [-0.2, 0) is 6.42 Å². The van der Waals surface area contributed by atoms with Crippen molar-refractivity contribution in [3.05, 3.63) is 35.4 Å². The largest absolute Gasteiger partial charge is 0.294 e. The van der Waals surface area contributed by atoms with Crippen molar-refractivity contribution >= 4 is 5.78 Å². The number of hydrogen-bond donors (Lipinski definition) is 0. The maximum Gasteiger partial charge on any atom is 0.167 e. The highest BCUT2D eigenvalue weighted by atomic mass is 16.1. The molecule has 1 unspecified atom stereocenters. The van der Waals surface area contributed by atoms with Gasteiger partial charge in [-0.3, -0.25) is 4.79 Å². The second-order valence-corrected chi connectivity index (χ2v) is 5.91. The molecule has 1 aromatic carbocycles. The summed E-state index contributed by atoms with van der Waals surface area (Å²) in [5, 5.41) is 0. The van der Waals surface area contributed by atoms with Crippen LogP contribution in [0.1, 0.15) is 43.6 Å². The molecule has 1 aliphatic carbocycles. The van der Waals surface area contributed by atoms with Crippen molar-refractivity contribution in [3.63, 3.8) is 0 Å². The number of hydrogen-bond acceptors (Lipinski definition) is 1. The molecule has 86 valence electrons. The van der Waals surface area contributed by atoms with Crippen molar-refractivity contribution in [2.24, 2.45) is 17.3 Å². The third-order valence-corrected chi connectivity index (χ3v) is 3.72. The molecule has 1 aliphatic rings. The lowest BCUT2D eigenvalue weighted by Crippen LogP contribution is -2.41. The van der Waals surface area contributed by atoms with Crippen molar-refractivity contribution in [2.75, 3.05) is 0 Å². The highest BCUT2D eigenvalue weighted by molar-refractivity contribution is 6.00. The zero-order valence-corrected chi connectivity index (χ0v) is 10.6. The summed E-state index contributed by atoms with van der Waals surface area (Å²) >= 11 is 0. The van der Waals surface area contributed by atoms with Gasteiger partial charge in [-0.2, -0.15) is 0 Å². The number of carbonyl (C=O) groups excluding carboxylic acids is 1. The van der Waals surface area contributed by atoms with Gasteiger partial charge in [-0.25, -0.2) is 0 Å². The van der Waals surface area contributed by atoms with Gasteiger partial charge in [-0.1, -0.05) is 52.0 Å². The Morgan fingerprint density at radius 2 is 1.88 bits per heavy atom. The van der Waals surface area contributed by atoms with Crippen molar-refractivity contribution in [3.8, 4) is 0 Å². The van der Waals surface area contributed by atoms with Crippen LogP contribution in [-0.4, -0.2) is 5.78 Å². The van der Waals surface area contributed by atoms with Gasteiger partial charge in [-0.15, -0.1) is 0 Å². The van der Waals surface area contributed by atoms with Crippen LogP contribution in [0.15, 0.2) is 24.3 Å². The summed E-state index contributed by atoms with van der Waals surface area (Å²) in [6.45, 7) is 8.73. The second kappa shape index (κ2) is 3.73. The molecule has 0 radical (unpaired) electrons. The lowest BCUT2D eigenvalue weighted by atomic mass is 9.62. The number of rotatable bonds is 1. The van der Waals surface area contributed by atoms with Crippen LogP contribution in [0.25, 0.3) is 0 Å². The third kappa shape index (κ3) is 1.68. The maximum absolute atomic E-state index is 12.5. The van der Waals surface area contributed by atoms with Crippen LogP contribution in [0, 0.1) is 17.3 Å². The summed E-state index contributed by atoms with van der Waals surface area (Å²) in [6.07, 6.45) is 1.01. The van der Waals surface area contributed by atoms with Crippen LogP contribution < -0.4 is 0 Å². The molecule has 1 nitrogen and oxygen atoms in total. The lowest BCUT2D eigenvalue weighted by Gasteiger charge is -2.40. The standard InChI is InChI=1S/C15H20O/c1-10(2)13-14(16)12-8-6-5-7-11(12)9-15(13,3)4/h5-8,10,13H,9H2,1-4H3. The zero-order chi connectivity index (χ0) is 11.9. The molecule has 16 heavy (non-hydrogen) atoms. The van der Waals surface area contributed by atoms with Crippen LogP contribution >= 0.6 is 0 Å². The van der Waals surface area contributed by atoms with Crippen molar-refractivity contribution in [1.29, 1.82) is 0 Å². The van der Waals surface area contributed by atoms with E-state index in [-0.39, 0.29) is 11.3 Å². The molecule has 1 aromatic rings. The first-order valence-corrected chi connectivity index (χ1v) is 6.05. The van der Waals surface area contributed by atoms with Gasteiger partial charge < -0.3 is 0 Å². The molecule has 0 bridgehead atoms. The fourth-order valence-corrected chi connectivity index (χ4v) is 3.24. The Labute approximate surface area is 97.9 Å². The van der Waals surface area contributed by atoms with E-state index in [1.807, 2.05) is 18.2 Å². The smallest absolute Gasteiger partial charge is 0.167 e. The summed E-state index contributed by atoms with van der Waals surface area (Å²) in [5.74, 6) is 0.903. The van der Waals surface area contributed by atoms with Gasteiger partial charge in [0.05, 0.1) is 0 Å². The SMILES string of the molecule is CC(C)C1C(=O)c2ccccc2CC1(C)C. The van der Waals surface area contributed by atoms with E-state index in [0.29, 0.717) is 11.7 Å². The van der Waals surface area contributed by atoms with Crippen LogP contribution in [0.4, 0.5) is 0 Å². The van der Waals surface area contributed by atoms with E-state index >= 15 is 0 Å². The summed E-state index contributed by atoms with van der Waals surface area (Å²) in [6, 6.07) is 8.05. The molecule has 0 N–H and O–H groups in total. The predicted molar refractivity (Wildman–Crippen MR) is 66.6 cm³/mol. The lowest BCUT2D eigenvalue weighted by molar-refractivity contribution is 0.0674. The Morgan fingerprint density at radius 3 is 2.50 bits per heavy atom. The molecule has 2 rings (SSSR count). The molecule has 0 heterocycles. The van der Waals surface area contributed by atoms with Gasteiger partial charge in [0, 0.05) is 11.5 Å². The van der Waals surface area contributed by atoms with E-state index in [1.54, 1.807) is 0 Å². The first-order valence-electron chi connectivity index (χ1n) is 6.05. The third-order valence-electron chi connectivity index (χ3n) is 3.72. The number of benzene rings is 1. The summed E-state index contributed by atoms with van der Waals surface area (Å²) < 4.78 is 0. The van der Waals surface area contributed by atoms with E-state index in [9.17, 15) is 4.79 Å². The molecule has 1 heteroatoms. The van der Waals surface area contributed by atoms with Gasteiger partial charge in [0.2, 0.25) is 0 Å². The number of Topliss-reactive ketones (excluding diaryl/α,β-unsaturated/α-hetero) is 1. The molecular weight excluding hydrogens is 196 g/mol. The number of ketones is 1. The quantitative estimate of drug-likeness (QED) is 0.699. The van der Waals surface area contributed by atoms with Crippen molar-refractivity contribution < 1.29 is 4.79 Å². The van der Waals surface area contributed by atoms with Crippen LogP contribution in [0.2, 0.25) is 0 Å². The molecule has 0 aliphatic heterocycles. The van der Waals surface area contributed by atoms with Gasteiger partial charge in [0.25, 0.3) is 0 Å². The van der Waals surface area contributed by atoms with Gasteiger partial charge in [0.15, 0.2) is 5.78 Å². The van der Waals surface area contributed by atoms with Gasteiger partial charge >= 0.3 is 0 Å². The van der Waals surface area contributed by atoms with E-state index in [0.717, 1.165) is 12.0 Å². The average Bonchev–Trinajstić information content (AvgIpc) is 2.15. The maximum atomic E-state index is 12.5. The Bertz CT molecular complexity index is 415. The van der Waals surface area contributed by atoms with Crippen molar-refractivity contribution in [2.45, 2.75) is 34.1 Å². The predicted octanol–water partition coefficient (Wildman–Crippen LogP) is 3.72. The van der Waals surface area contributed by atoms with E-state index in [2.05, 4.69) is 33.8 Å². The molecule has 0 spiro atoms. The first-order chi connectivity index (χ1) is 7.43. The Morgan fingerprint density at radius 1 is 1.25 bits per heavy atom. The monoisotopic (exact) mass is 216 g/mol. The summed E-state index contributed by atoms with van der Waals surface area (Å²) in [5.41, 5.74) is 2.24. The molecule has 0 fully saturated rings. The molecule has 0 saturated carbocycles. The van der Waals surface area contributed by atoms with E-state index in [4.69, 9.17) is 0 Å². The Hall–Kier alpha value is -1.11. The molecular formula is C15H20O. The van der Waals surface area contributed by atoms with Gasteiger partial charge in [0.1, 0.15) is 0 Å². The summed E-state index contributed by atoms with van der Waals surface area (Å²) in [7, 11) is 0. The zero-order valence-electron chi connectivity index (χ0n) is 10.6.